The Bertz CT molecular complexity index is 716. The van der Waals surface area contributed by atoms with Crippen molar-refractivity contribution in [2.75, 3.05) is 6.79 Å². The smallest absolute Gasteiger partial charge is 0.271 e. The standard InChI is InChI=1S/C15H11ClN2O3/c16-12-3-1-2-11(7-12)15(19)18-17-8-10-4-5-13-14(6-10)21-9-20-13/h1-8H,9H2,(H,18,19)/b17-8+. The van der Waals surface area contributed by atoms with Crippen molar-refractivity contribution in [3.63, 3.8) is 0 Å². The maximum atomic E-state index is 11.8. The molecule has 2 aromatic carbocycles. The lowest BCUT2D eigenvalue weighted by atomic mass is 10.2. The molecule has 0 spiro atoms. The zero-order chi connectivity index (χ0) is 14.7. The maximum Gasteiger partial charge on any atom is 0.271 e. The summed E-state index contributed by atoms with van der Waals surface area (Å²) >= 11 is 5.83. The molecule has 0 saturated heterocycles. The Hall–Kier alpha value is -2.53. The van der Waals surface area contributed by atoms with Gasteiger partial charge < -0.3 is 9.47 Å². The van der Waals surface area contributed by atoms with E-state index in [9.17, 15) is 4.79 Å². The van der Waals surface area contributed by atoms with Crippen LogP contribution in [0.1, 0.15) is 15.9 Å². The van der Waals surface area contributed by atoms with Gasteiger partial charge in [-0.25, -0.2) is 5.43 Å². The highest BCUT2D eigenvalue weighted by Crippen LogP contribution is 2.31. The van der Waals surface area contributed by atoms with Crippen LogP contribution in [0.4, 0.5) is 0 Å². The molecule has 0 atom stereocenters. The fraction of sp³-hybridized carbons (Fsp3) is 0.0667. The molecule has 1 heterocycles. The van der Waals surface area contributed by atoms with Gasteiger partial charge in [0.15, 0.2) is 11.5 Å². The summed E-state index contributed by atoms with van der Waals surface area (Å²) < 4.78 is 10.5. The third kappa shape index (κ3) is 3.14. The molecule has 0 aromatic heterocycles. The first kappa shape index (κ1) is 13.5. The van der Waals surface area contributed by atoms with Gasteiger partial charge in [0.1, 0.15) is 0 Å². The lowest BCUT2D eigenvalue weighted by Gasteiger charge is -2.00. The number of halogens is 1. The van der Waals surface area contributed by atoms with Gasteiger partial charge in [-0.15, -0.1) is 0 Å². The van der Waals surface area contributed by atoms with Crippen molar-refractivity contribution in [2.45, 2.75) is 0 Å². The van der Waals surface area contributed by atoms with Gasteiger partial charge in [0, 0.05) is 10.6 Å². The van der Waals surface area contributed by atoms with E-state index in [0.717, 1.165) is 5.56 Å². The number of amides is 1. The molecule has 0 aliphatic carbocycles. The Morgan fingerprint density at radius 1 is 1.19 bits per heavy atom. The number of rotatable bonds is 3. The van der Waals surface area contributed by atoms with Crippen LogP contribution in [0.2, 0.25) is 5.02 Å². The highest BCUT2D eigenvalue weighted by atomic mass is 35.5. The quantitative estimate of drug-likeness (QED) is 0.700. The first-order valence-corrected chi connectivity index (χ1v) is 6.59. The number of hydrazone groups is 1. The third-order valence-corrected chi connectivity index (χ3v) is 3.10. The molecule has 1 amide bonds. The van der Waals surface area contributed by atoms with Crippen LogP contribution in [0.5, 0.6) is 11.5 Å². The van der Waals surface area contributed by atoms with Crippen molar-refractivity contribution in [3.8, 4) is 11.5 Å². The van der Waals surface area contributed by atoms with Crippen LogP contribution in [-0.2, 0) is 0 Å². The zero-order valence-corrected chi connectivity index (χ0v) is 11.6. The van der Waals surface area contributed by atoms with Crippen molar-refractivity contribution in [1.82, 2.24) is 5.43 Å². The third-order valence-electron chi connectivity index (χ3n) is 2.86. The second-order valence-electron chi connectivity index (χ2n) is 4.32. The Balaban J connectivity index is 1.65. The van der Waals surface area contributed by atoms with Crippen LogP contribution in [0.15, 0.2) is 47.6 Å². The van der Waals surface area contributed by atoms with Crippen molar-refractivity contribution in [2.24, 2.45) is 5.10 Å². The van der Waals surface area contributed by atoms with Crippen LogP contribution in [0.25, 0.3) is 0 Å². The van der Waals surface area contributed by atoms with Gasteiger partial charge >= 0.3 is 0 Å². The number of ether oxygens (including phenoxy) is 2. The summed E-state index contributed by atoms with van der Waals surface area (Å²) in [7, 11) is 0. The molecule has 0 radical (unpaired) electrons. The van der Waals surface area contributed by atoms with E-state index in [-0.39, 0.29) is 12.7 Å². The van der Waals surface area contributed by atoms with E-state index in [4.69, 9.17) is 21.1 Å². The number of benzene rings is 2. The number of nitrogens with one attached hydrogen (secondary N) is 1. The molecular weight excluding hydrogens is 292 g/mol. The zero-order valence-electron chi connectivity index (χ0n) is 10.9. The van der Waals surface area contributed by atoms with E-state index in [1.807, 2.05) is 6.07 Å². The first-order chi connectivity index (χ1) is 10.2. The van der Waals surface area contributed by atoms with Gasteiger partial charge in [-0.2, -0.15) is 5.10 Å². The largest absolute Gasteiger partial charge is 0.454 e. The highest BCUT2D eigenvalue weighted by molar-refractivity contribution is 6.30. The maximum absolute atomic E-state index is 11.8. The average molecular weight is 303 g/mol. The van der Waals surface area contributed by atoms with Crippen LogP contribution >= 0.6 is 11.6 Å². The minimum atomic E-state index is -0.325. The minimum Gasteiger partial charge on any atom is -0.454 e. The van der Waals surface area contributed by atoms with E-state index in [2.05, 4.69) is 10.5 Å². The molecule has 5 nitrogen and oxygen atoms in total. The molecule has 106 valence electrons. The molecule has 0 saturated carbocycles. The molecule has 0 bridgehead atoms. The summed E-state index contributed by atoms with van der Waals surface area (Å²) in [6.45, 7) is 0.224. The second-order valence-corrected chi connectivity index (χ2v) is 4.76. The van der Waals surface area contributed by atoms with Gasteiger partial charge in [-0.05, 0) is 42.0 Å². The predicted octanol–water partition coefficient (Wildman–Crippen LogP) is 2.83. The number of carbonyl (C=O) groups is 1. The fourth-order valence-electron chi connectivity index (χ4n) is 1.85. The highest BCUT2D eigenvalue weighted by Gasteiger charge is 2.12. The van der Waals surface area contributed by atoms with Gasteiger partial charge in [-0.1, -0.05) is 17.7 Å². The Morgan fingerprint density at radius 3 is 2.90 bits per heavy atom. The first-order valence-electron chi connectivity index (χ1n) is 6.21. The number of carbonyl (C=O) groups excluding carboxylic acids is 1. The van der Waals surface area contributed by atoms with Crippen LogP contribution in [0, 0.1) is 0 Å². The molecular formula is C15H11ClN2O3. The molecule has 0 fully saturated rings. The summed E-state index contributed by atoms with van der Waals surface area (Å²) in [6, 6.07) is 12.1. The molecule has 2 aromatic rings. The van der Waals surface area contributed by atoms with E-state index in [1.54, 1.807) is 36.4 Å². The van der Waals surface area contributed by atoms with Crippen LogP contribution in [-0.4, -0.2) is 18.9 Å². The topological polar surface area (TPSA) is 59.9 Å². The second kappa shape index (κ2) is 5.85. The summed E-state index contributed by atoms with van der Waals surface area (Å²) in [4.78, 5) is 11.8. The summed E-state index contributed by atoms with van der Waals surface area (Å²) in [5, 5.41) is 4.41. The molecule has 3 rings (SSSR count). The van der Waals surface area contributed by atoms with E-state index in [1.165, 1.54) is 6.21 Å². The summed E-state index contributed by atoms with van der Waals surface area (Å²) in [5.74, 6) is 1.05. The SMILES string of the molecule is O=C(N/N=C/c1ccc2c(c1)OCO2)c1cccc(Cl)c1. The molecule has 21 heavy (non-hydrogen) atoms. The number of hydrogen-bond acceptors (Lipinski definition) is 4. The summed E-state index contributed by atoms with van der Waals surface area (Å²) in [6.07, 6.45) is 1.53. The molecule has 1 N–H and O–H groups in total. The van der Waals surface area contributed by atoms with Crippen LogP contribution < -0.4 is 14.9 Å². The Labute approximate surface area is 126 Å². The van der Waals surface area contributed by atoms with E-state index >= 15 is 0 Å². The predicted molar refractivity (Wildman–Crippen MR) is 79.1 cm³/mol. The van der Waals surface area contributed by atoms with Crippen molar-refractivity contribution in [1.29, 1.82) is 0 Å². The number of fused-ring (bicyclic) bond motifs is 1. The molecule has 1 aliphatic heterocycles. The molecule has 1 aliphatic rings. The fourth-order valence-corrected chi connectivity index (χ4v) is 2.04. The van der Waals surface area contributed by atoms with Crippen molar-refractivity contribution in [3.05, 3.63) is 58.6 Å². The molecule has 0 unspecified atom stereocenters. The lowest BCUT2D eigenvalue weighted by molar-refractivity contribution is 0.0955. The lowest BCUT2D eigenvalue weighted by Crippen LogP contribution is -2.17. The van der Waals surface area contributed by atoms with Crippen molar-refractivity contribution < 1.29 is 14.3 Å². The van der Waals surface area contributed by atoms with E-state index < -0.39 is 0 Å². The summed E-state index contributed by atoms with van der Waals surface area (Å²) in [5.41, 5.74) is 3.69. The van der Waals surface area contributed by atoms with Gasteiger partial charge in [0.05, 0.1) is 6.21 Å². The van der Waals surface area contributed by atoms with Gasteiger partial charge in [0.2, 0.25) is 6.79 Å². The van der Waals surface area contributed by atoms with Gasteiger partial charge in [-0.3, -0.25) is 4.79 Å². The monoisotopic (exact) mass is 302 g/mol. The Kier molecular flexibility index (Phi) is 3.75. The average Bonchev–Trinajstić information content (AvgIpc) is 2.94. The van der Waals surface area contributed by atoms with Crippen LogP contribution in [0.3, 0.4) is 0 Å². The van der Waals surface area contributed by atoms with Gasteiger partial charge in [0.25, 0.3) is 5.91 Å². The Morgan fingerprint density at radius 2 is 2.05 bits per heavy atom. The van der Waals surface area contributed by atoms with E-state index in [0.29, 0.717) is 22.1 Å². The molecule has 6 heteroatoms. The minimum absolute atomic E-state index is 0.224. The number of hydrogen-bond donors (Lipinski definition) is 1. The number of nitrogens with zero attached hydrogens (tertiary/aromatic N) is 1. The normalized spacial score (nSPS) is 12.6. The van der Waals surface area contributed by atoms with Crippen molar-refractivity contribution >= 4 is 23.7 Å².